The van der Waals surface area contributed by atoms with Crippen molar-refractivity contribution < 1.29 is 9.18 Å². The van der Waals surface area contributed by atoms with Crippen molar-refractivity contribution in [2.24, 2.45) is 0 Å². The number of nitrogens with zero attached hydrogens (tertiary/aromatic N) is 5. The van der Waals surface area contributed by atoms with Crippen LogP contribution in [0.4, 0.5) is 4.39 Å². The summed E-state index contributed by atoms with van der Waals surface area (Å²) in [6.07, 6.45) is 0.433. The third kappa shape index (κ3) is 5.20. The van der Waals surface area contributed by atoms with Crippen molar-refractivity contribution in [2.45, 2.75) is 19.5 Å². The summed E-state index contributed by atoms with van der Waals surface area (Å²) in [5.74, 6) is 0.211. The summed E-state index contributed by atoms with van der Waals surface area (Å²) in [5.41, 5.74) is 0.883. The zero-order valence-corrected chi connectivity index (χ0v) is 17.4. The van der Waals surface area contributed by atoms with Crippen LogP contribution in [0.25, 0.3) is 0 Å². The first-order chi connectivity index (χ1) is 14.1. The molecule has 3 aromatic rings. The number of thiophene rings is 1. The van der Waals surface area contributed by atoms with Crippen LogP contribution in [-0.2, 0) is 24.3 Å². The van der Waals surface area contributed by atoms with E-state index in [0.717, 1.165) is 25.2 Å². The van der Waals surface area contributed by atoms with Gasteiger partial charge in [-0.05, 0) is 40.7 Å². The van der Waals surface area contributed by atoms with Crippen LogP contribution in [0.2, 0.25) is 5.28 Å². The quantitative estimate of drug-likeness (QED) is 0.599. The fourth-order valence-electron chi connectivity index (χ4n) is 3.33. The molecule has 0 aliphatic carbocycles. The maximum absolute atomic E-state index is 13.0. The number of halogens is 2. The van der Waals surface area contributed by atoms with E-state index >= 15 is 0 Å². The lowest BCUT2D eigenvalue weighted by molar-refractivity contribution is -0.133. The molecule has 1 fully saturated rings. The third-order valence-corrected chi connectivity index (χ3v) is 6.06. The molecule has 0 spiro atoms. The highest BCUT2D eigenvalue weighted by Gasteiger charge is 2.22. The highest BCUT2D eigenvalue weighted by atomic mass is 35.5. The van der Waals surface area contributed by atoms with E-state index in [-0.39, 0.29) is 23.6 Å². The molecule has 0 saturated carbocycles. The lowest BCUT2D eigenvalue weighted by Gasteiger charge is -2.34. The van der Waals surface area contributed by atoms with Crippen LogP contribution in [0, 0.1) is 5.82 Å². The standard InChI is InChI=1S/C20H21ClFN5OS/c21-20-23-18(12-15-3-5-16(22)6-4-15)24-27(20)14-19(28)26-9-7-25(8-10-26)13-17-2-1-11-29-17/h1-6,11H,7-10,12-14H2. The highest BCUT2D eigenvalue weighted by molar-refractivity contribution is 7.09. The largest absolute Gasteiger partial charge is 0.339 e. The monoisotopic (exact) mass is 433 g/mol. The molecule has 3 heterocycles. The minimum atomic E-state index is -0.286. The zero-order valence-electron chi connectivity index (χ0n) is 15.8. The SMILES string of the molecule is O=C(Cn1nc(Cc2ccc(F)cc2)nc1Cl)N1CCN(Cc2cccs2)CC1. The number of carbonyl (C=O) groups excluding carboxylic acids is 1. The van der Waals surface area contributed by atoms with Crippen molar-refractivity contribution in [3.05, 3.63) is 69.1 Å². The Kier molecular flexibility index (Phi) is 6.22. The second kappa shape index (κ2) is 9.02. The number of benzene rings is 1. The van der Waals surface area contributed by atoms with Gasteiger partial charge in [-0.2, -0.15) is 5.10 Å². The van der Waals surface area contributed by atoms with E-state index in [1.165, 1.54) is 21.7 Å². The van der Waals surface area contributed by atoms with Crippen molar-refractivity contribution in [3.63, 3.8) is 0 Å². The number of carbonyl (C=O) groups is 1. The van der Waals surface area contributed by atoms with Gasteiger partial charge >= 0.3 is 0 Å². The van der Waals surface area contributed by atoms with Gasteiger partial charge in [0.25, 0.3) is 0 Å². The topological polar surface area (TPSA) is 54.3 Å². The molecule has 1 aliphatic heterocycles. The van der Waals surface area contributed by atoms with E-state index < -0.39 is 0 Å². The average molecular weight is 434 g/mol. The van der Waals surface area contributed by atoms with Gasteiger partial charge in [-0.3, -0.25) is 9.69 Å². The number of piperazine rings is 1. The van der Waals surface area contributed by atoms with Crippen LogP contribution < -0.4 is 0 Å². The summed E-state index contributed by atoms with van der Waals surface area (Å²) < 4.78 is 14.5. The molecule has 29 heavy (non-hydrogen) atoms. The smallest absolute Gasteiger partial charge is 0.244 e. The van der Waals surface area contributed by atoms with Crippen LogP contribution in [0.15, 0.2) is 41.8 Å². The van der Waals surface area contributed by atoms with Gasteiger partial charge in [-0.25, -0.2) is 14.1 Å². The molecule has 4 rings (SSSR count). The van der Waals surface area contributed by atoms with Crippen molar-refractivity contribution in [1.29, 1.82) is 0 Å². The van der Waals surface area contributed by atoms with E-state index in [4.69, 9.17) is 11.6 Å². The van der Waals surface area contributed by atoms with E-state index in [0.29, 0.717) is 25.3 Å². The number of hydrogen-bond acceptors (Lipinski definition) is 5. The fraction of sp³-hybridized carbons (Fsp3) is 0.350. The number of rotatable bonds is 6. The Balaban J connectivity index is 1.30. The summed E-state index contributed by atoms with van der Waals surface area (Å²) >= 11 is 7.93. The second-order valence-electron chi connectivity index (χ2n) is 6.99. The first-order valence-corrected chi connectivity index (χ1v) is 10.7. The Morgan fingerprint density at radius 3 is 2.59 bits per heavy atom. The van der Waals surface area contributed by atoms with Crippen molar-refractivity contribution in [2.75, 3.05) is 26.2 Å². The van der Waals surface area contributed by atoms with Gasteiger partial charge in [-0.1, -0.05) is 18.2 Å². The first kappa shape index (κ1) is 20.0. The normalized spacial score (nSPS) is 15.0. The van der Waals surface area contributed by atoms with Crippen molar-refractivity contribution in [1.82, 2.24) is 24.6 Å². The Hall–Kier alpha value is -2.29. The van der Waals surface area contributed by atoms with E-state index in [9.17, 15) is 9.18 Å². The molecule has 1 amide bonds. The van der Waals surface area contributed by atoms with Gasteiger partial charge in [0, 0.05) is 44.0 Å². The number of amides is 1. The molecule has 2 aromatic heterocycles. The molecular weight excluding hydrogens is 413 g/mol. The Bertz CT molecular complexity index is 952. The van der Waals surface area contributed by atoms with Gasteiger partial charge in [-0.15, -0.1) is 11.3 Å². The Labute approximate surface area is 177 Å². The molecule has 0 unspecified atom stereocenters. The van der Waals surface area contributed by atoms with Crippen LogP contribution in [0.5, 0.6) is 0 Å². The first-order valence-electron chi connectivity index (χ1n) is 9.43. The van der Waals surface area contributed by atoms with Crippen LogP contribution in [-0.4, -0.2) is 56.7 Å². The second-order valence-corrected chi connectivity index (χ2v) is 8.36. The van der Waals surface area contributed by atoms with E-state index in [2.05, 4.69) is 32.5 Å². The maximum Gasteiger partial charge on any atom is 0.244 e. The van der Waals surface area contributed by atoms with E-state index in [1.807, 2.05) is 4.90 Å². The summed E-state index contributed by atoms with van der Waals surface area (Å²) in [6, 6.07) is 10.4. The molecule has 0 bridgehead atoms. The zero-order chi connectivity index (χ0) is 20.2. The van der Waals surface area contributed by atoms with E-state index in [1.54, 1.807) is 23.5 Å². The maximum atomic E-state index is 13.0. The van der Waals surface area contributed by atoms with Gasteiger partial charge in [0.2, 0.25) is 11.2 Å². The van der Waals surface area contributed by atoms with Crippen LogP contribution in [0.3, 0.4) is 0 Å². The van der Waals surface area contributed by atoms with Gasteiger partial charge in [0.05, 0.1) is 0 Å². The Morgan fingerprint density at radius 2 is 1.90 bits per heavy atom. The fourth-order valence-corrected chi connectivity index (χ4v) is 4.28. The lowest BCUT2D eigenvalue weighted by atomic mass is 10.1. The average Bonchev–Trinajstić information content (AvgIpc) is 3.34. The minimum absolute atomic E-state index is 0.0131. The molecular formula is C20H21ClFN5OS. The van der Waals surface area contributed by atoms with Crippen molar-refractivity contribution in [3.8, 4) is 0 Å². The van der Waals surface area contributed by atoms with Crippen molar-refractivity contribution >= 4 is 28.8 Å². The lowest BCUT2D eigenvalue weighted by Crippen LogP contribution is -2.49. The molecule has 1 saturated heterocycles. The molecule has 9 heteroatoms. The molecule has 0 N–H and O–H groups in total. The Morgan fingerprint density at radius 1 is 1.14 bits per heavy atom. The summed E-state index contributed by atoms with van der Waals surface area (Å²) in [7, 11) is 0. The molecule has 1 aromatic carbocycles. The van der Waals surface area contributed by atoms with Crippen LogP contribution >= 0.6 is 22.9 Å². The molecule has 1 aliphatic rings. The molecule has 152 valence electrons. The summed E-state index contributed by atoms with van der Waals surface area (Å²) in [4.78, 5) is 22.4. The molecule has 0 radical (unpaired) electrons. The minimum Gasteiger partial charge on any atom is -0.339 e. The number of aromatic nitrogens is 3. The number of hydrogen-bond donors (Lipinski definition) is 0. The predicted molar refractivity (Wildman–Crippen MR) is 110 cm³/mol. The summed E-state index contributed by atoms with van der Waals surface area (Å²) in [5, 5.41) is 6.62. The molecule has 0 atom stereocenters. The van der Waals surface area contributed by atoms with Crippen LogP contribution in [0.1, 0.15) is 16.3 Å². The molecule has 6 nitrogen and oxygen atoms in total. The van der Waals surface area contributed by atoms with Gasteiger partial charge < -0.3 is 4.90 Å². The highest BCUT2D eigenvalue weighted by Crippen LogP contribution is 2.15. The predicted octanol–water partition coefficient (Wildman–Crippen LogP) is 3.07. The summed E-state index contributed by atoms with van der Waals surface area (Å²) in [6.45, 7) is 4.09. The van der Waals surface area contributed by atoms with Gasteiger partial charge in [0.1, 0.15) is 12.4 Å². The van der Waals surface area contributed by atoms with Gasteiger partial charge in [0.15, 0.2) is 5.82 Å². The third-order valence-electron chi connectivity index (χ3n) is 4.92.